The monoisotopic (exact) mass is 269 g/mol. The first-order chi connectivity index (χ1) is 7.70. The van der Waals surface area contributed by atoms with Gasteiger partial charge in [-0.2, -0.15) is 8.42 Å². The van der Waals surface area contributed by atoms with E-state index in [9.17, 15) is 18.0 Å². The van der Waals surface area contributed by atoms with Gasteiger partial charge in [-0.15, -0.1) is 0 Å². The molecule has 17 heavy (non-hydrogen) atoms. The minimum absolute atomic E-state index is 0.0398. The summed E-state index contributed by atoms with van der Waals surface area (Å²) in [4.78, 5) is 22.0. The van der Waals surface area contributed by atoms with Gasteiger partial charge in [-0.1, -0.05) is 0 Å². The van der Waals surface area contributed by atoms with E-state index in [0.29, 0.717) is 0 Å². The standard InChI is InChI=1S/C8H15NO7S/c10-7(11)1-3-9(4-2-8(12)13)5-6-17(14,15)16/h1-6H2,(H,10,11)(H,12,13)(H,14,15,16). The first-order valence-electron chi connectivity index (χ1n) is 4.82. The molecular formula is C8H15NO7S. The first kappa shape index (κ1) is 15.8. The Kier molecular flexibility index (Phi) is 6.69. The molecule has 0 saturated carbocycles. The zero-order valence-electron chi connectivity index (χ0n) is 9.07. The van der Waals surface area contributed by atoms with Gasteiger partial charge in [0.15, 0.2) is 0 Å². The van der Waals surface area contributed by atoms with Crippen LogP contribution >= 0.6 is 0 Å². The minimum Gasteiger partial charge on any atom is -0.481 e. The summed E-state index contributed by atoms with van der Waals surface area (Å²) in [5.41, 5.74) is 0. The molecule has 3 N–H and O–H groups in total. The highest BCUT2D eigenvalue weighted by Gasteiger charge is 2.13. The van der Waals surface area contributed by atoms with Gasteiger partial charge in [0, 0.05) is 19.6 Å². The summed E-state index contributed by atoms with van der Waals surface area (Å²) in [5.74, 6) is -2.67. The van der Waals surface area contributed by atoms with Gasteiger partial charge in [-0.25, -0.2) is 0 Å². The van der Waals surface area contributed by atoms with E-state index in [1.807, 2.05) is 0 Å². The van der Waals surface area contributed by atoms with Crippen LogP contribution in [0.2, 0.25) is 0 Å². The van der Waals surface area contributed by atoms with Crippen LogP contribution in [0.25, 0.3) is 0 Å². The fourth-order valence-corrected chi connectivity index (χ4v) is 1.58. The maximum atomic E-state index is 10.5. The van der Waals surface area contributed by atoms with Gasteiger partial charge in [0.25, 0.3) is 10.1 Å². The zero-order valence-corrected chi connectivity index (χ0v) is 9.89. The van der Waals surface area contributed by atoms with Gasteiger partial charge in [0.2, 0.25) is 0 Å². The Morgan fingerprint density at radius 3 is 1.65 bits per heavy atom. The lowest BCUT2D eigenvalue weighted by atomic mass is 10.3. The highest BCUT2D eigenvalue weighted by Crippen LogP contribution is 1.97. The third kappa shape index (κ3) is 11.1. The number of nitrogens with zero attached hydrogens (tertiary/aromatic N) is 1. The van der Waals surface area contributed by atoms with E-state index in [4.69, 9.17) is 14.8 Å². The molecule has 0 aliphatic rings. The third-order valence-corrected chi connectivity index (χ3v) is 2.65. The molecule has 0 aromatic rings. The smallest absolute Gasteiger partial charge is 0.304 e. The number of carboxylic acids is 2. The molecule has 0 heterocycles. The molecule has 0 rings (SSSR count). The lowest BCUT2D eigenvalue weighted by Gasteiger charge is -2.19. The normalized spacial score (nSPS) is 11.6. The molecule has 0 aliphatic carbocycles. The summed E-state index contributed by atoms with van der Waals surface area (Å²) in [7, 11) is -4.13. The molecule has 8 nitrogen and oxygen atoms in total. The molecule has 0 spiro atoms. The Morgan fingerprint density at radius 2 is 1.35 bits per heavy atom. The van der Waals surface area contributed by atoms with Gasteiger partial charge in [-0.3, -0.25) is 14.1 Å². The van der Waals surface area contributed by atoms with Gasteiger partial charge >= 0.3 is 11.9 Å². The molecule has 100 valence electrons. The summed E-state index contributed by atoms with van der Waals surface area (Å²) >= 11 is 0. The molecule has 0 fully saturated rings. The number of hydrogen-bond acceptors (Lipinski definition) is 5. The van der Waals surface area contributed by atoms with Crippen LogP contribution in [0.4, 0.5) is 0 Å². The molecule has 9 heteroatoms. The summed E-state index contributed by atoms with van der Waals surface area (Å²) in [6.45, 7) is -0.0182. The topological polar surface area (TPSA) is 132 Å². The molecule has 0 aromatic carbocycles. The number of hydrogen-bond donors (Lipinski definition) is 3. The van der Waals surface area contributed by atoms with Crippen molar-refractivity contribution >= 4 is 22.1 Å². The Balaban J connectivity index is 4.19. The van der Waals surface area contributed by atoms with Crippen LogP contribution < -0.4 is 0 Å². The molecule has 0 bridgehead atoms. The van der Waals surface area contributed by atoms with E-state index in [1.54, 1.807) is 0 Å². The second kappa shape index (κ2) is 7.20. The van der Waals surface area contributed by atoms with Crippen molar-refractivity contribution in [3.05, 3.63) is 0 Å². The van der Waals surface area contributed by atoms with E-state index in [0.717, 1.165) is 0 Å². The van der Waals surface area contributed by atoms with E-state index in [1.165, 1.54) is 4.90 Å². The average molecular weight is 269 g/mol. The number of carboxylic acid groups (broad SMARTS) is 2. The van der Waals surface area contributed by atoms with E-state index >= 15 is 0 Å². The average Bonchev–Trinajstić information content (AvgIpc) is 2.14. The highest BCUT2D eigenvalue weighted by atomic mass is 32.2. The zero-order chi connectivity index (χ0) is 13.5. The molecule has 0 unspecified atom stereocenters. The second-order valence-corrected chi connectivity index (χ2v) is 4.99. The number of aliphatic carboxylic acids is 2. The first-order valence-corrected chi connectivity index (χ1v) is 6.42. The SMILES string of the molecule is O=C(O)CCN(CCC(=O)O)CCS(=O)(=O)O. The number of rotatable bonds is 9. The maximum absolute atomic E-state index is 10.5. The van der Waals surface area contributed by atoms with Crippen molar-refractivity contribution < 1.29 is 32.8 Å². The van der Waals surface area contributed by atoms with Gasteiger partial charge in [0.1, 0.15) is 0 Å². The van der Waals surface area contributed by atoms with E-state index < -0.39 is 27.8 Å². The lowest BCUT2D eigenvalue weighted by Crippen LogP contribution is -2.33. The van der Waals surface area contributed by atoms with Crippen LogP contribution in [0.1, 0.15) is 12.8 Å². The Morgan fingerprint density at radius 1 is 0.941 bits per heavy atom. The van der Waals surface area contributed by atoms with Crippen LogP contribution in [0.5, 0.6) is 0 Å². The molecule has 0 amide bonds. The van der Waals surface area contributed by atoms with Gasteiger partial charge < -0.3 is 15.1 Å². The predicted molar refractivity (Wildman–Crippen MR) is 57.4 cm³/mol. The van der Waals surface area contributed by atoms with E-state index in [2.05, 4.69) is 0 Å². The van der Waals surface area contributed by atoms with Crippen molar-refractivity contribution in [1.29, 1.82) is 0 Å². The number of carbonyl (C=O) groups is 2. The fourth-order valence-electron chi connectivity index (χ4n) is 1.09. The van der Waals surface area contributed by atoms with Crippen LogP contribution in [0.3, 0.4) is 0 Å². The summed E-state index contributed by atoms with van der Waals surface area (Å²) in [6, 6.07) is 0. The maximum Gasteiger partial charge on any atom is 0.304 e. The molecule has 0 aliphatic heterocycles. The van der Waals surface area contributed by atoms with Crippen molar-refractivity contribution in [1.82, 2.24) is 4.90 Å². The van der Waals surface area contributed by atoms with Crippen molar-refractivity contribution in [2.24, 2.45) is 0 Å². The van der Waals surface area contributed by atoms with Crippen LogP contribution in [0.15, 0.2) is 0 Å². The highest BCUT2D eigenvalue weighted by molar-refractivity contribution is 7.85. The van der Waals surface area contributed by atoms with E-state index in [-0.39, 0.29) is 32.5 Å². The Hall–Kier alpha value is -1.19. The Labute approximate surface area is 98.6 Å². The quantitative estimate of drug-likeness (QED) is 0.460. The second-order valence-electron chi connectivity index (χ2n) is 3.42. The van der Waals surface area contributed by atoms with Crippen molar-refractivity contribution in [3.8, 4) is 0 Å². The van der Waals surface area contributed by atoms with Gasteiger partial charge in [-0.05, 0) is 0 Å². The van der Waals surface area contributed by atoms with Crippen molar-refractivity contribution in [3.63, 3.8) is 0 Å². The molecule has 0 radical (unpaired) electrons. The van der Waals surface area contributed by atoms with Crippen molar-refractivity contribution in [2.45, 2.75) is 12.8 Å². The molecule has 0 atom stereocenters. The summed E-state index contributed by atoms with van der Waals surface area (Å²) in [6.07, 6.45) is -0.434. The van der Waals surface area contributed by atoms with Gasteiger partial charge in [0.05, 0.1) is 18.6 Å². The molecule has 0 aromatic heterocycles. The van der Waals surface area contributed by atoms with Crippen LogP contribution in [0, 0.1) is 0 Å². The fraction of sp³-hybridized carbons (Fsp3) is 0.750. The largest absolute Gasteiger partial charge is 0.481 e. The van der Waals surface area contributed by atoms with Crippen LogP contribution in [-0.2, 0) is 19.7 Å². The van der Waals surface area contributed by atoms with Crippen molar-refractivity contribution in [2.75, 3.05) is 25.4 Å². The predicted octanol–water partition coefficient (Wildman–Crippen LogP) is -0.874. The lowest BCUT2D eigenvalue weighted by molar-refractivity contribution is -0.137. The third-order valence-electron chi connectivity index (χ3n) is 1.95. The summed E-state index contributed by atoms with van der Waals surface area (Å²) < 4.78 is 29.6. The Bertz CT molecular complexity index is 346. The van der Waals surface area contributed by atoms with Crippen LogP contribution in [-0.4, -0.2) is 65.4 Å². The molecular weight excluding hydrogens is 254 g/mol. The molecule has 0 saturated heterocycles. The minimum atomic E-state index is -4.13. The summed E-state index contributed by atoms with van der Waals surface area (Å²) in [5, 5.41) is 16.9.